The molecule has 0 spiro atoms. The second-order valence-corrected chi connectivity index (χ2v) is 4.58. The van der Waals surface area contributed by atoms with Gasteiger partial charge >= 0.3 is 5.97 Å². The van der Waals surface area contributed by atoms with Gasteiger partial charge < -0.3 is 4.74 Å². The van der Waals surface area contributed by atoms with E-state index in [0.717, 1.165) is 22.4 Å². The van der Waals surface area contributed by atoms with Crippen molar-refractivity contribution in [1.82, 2.24) is 4.98 Å². The van der Waals surface area contributed by atoms with Crippen LogP contribution in [-0.4, -0.2) is 11.0 Å². The molecular formula is C16H13NO2. The van der Waals surface area contributed by atoms with Crippen LogP contribution in [0.15, 0.2) is 42.6 Å². The zero-order chi connectivity index (χ0) is 13.4. The summed E-state index contributed by atoms with van der Waals surface area (Å²) in [5.74, 6) is 0.363. The molecule has 1 aliphatic rings. The number of carbonyl (C=O) groups is 1. The van der Waals surface area contributed by atoms with E-state index in [1.807, 2.05) is 44.2 Å². The van der Waals surface area contributed by atoms with E-state index in [9.17, 15) is 4.79 Å². The van der Waals surface area contributed by atoms with Crippen molar-refractivity contribution in [2.45, 2.75) is 13.8 Å². The fraction of sp³-hybridized carbons (Fsp3) is 0.125. The summed E-state index contributed by atoms with van der Waals surface area (Å²) in [6, 6.07) is 11.4. The number of hydrogen-bond acceptors (Lipinski definition) is 3. The summed E-state index contributed by atoms with van der Waals surface area (Å²) in [6.45, 7) is 3.90. The molecule has 0 saturated heterocycles. The number of esters is 1. The number of hydrogen-bond donors (Lipinski definition) is 0. The van der Waals surface area contributed by atoms with E-state index >= 15 is 0 Å². The maximum atomic E-state index is 11.8. The van der Waals surface area contributed by atoms with Gasteiger partial charge in [-0.15, -0.1) is 0 Å². The minimum atomic E-state index is -0.282. The summed E-state index contributed by atoms with van der Waals surface area (Å²) < 4.78 is 5.41. The average molecular weight is 251 g/mol. The molecule has 2 aromatic rings. The lowest BCUT2D eigenvalue weighted by atomic mass is 10.0. The molecule has 1 aromatic heterocycles. The number of ether oxygens (including phenoxy) is 1. The molecule has 0 radical (unpaired) electrons. The van der Waals surface area contributed by atoms with Crippen molar-refractivity contribution in [2.24, 2.45) is 0 Å². The van der Waals surface area contributed by atoms with Crippen LogP contribution in [0, 0.1) is 6.92 Å². The van der Waals surface area contributed by atoms with Crippen LogP contribution in [0.1, 0.15) is 34.1 Å². The second kappa shape index (κ2) is 4.35. The van der Waals surface area contributed by atoms with Crippen molar-refractivity contribution < 1.29 is 9.53 Å². The van der Waals surface area contributed by atoms with Crippen LogP contribution < -0.4 is 0 Å². The van der Waals surface area contributed by atoms with Crippen LogP contribution in [0.2, 0.25) is 0 Å². The molecule has 94 valence electrons. The molecule has 0 atom stereocenters. The Morgan fingerprint density at radius 1 is 1.16 bits per heavy atom. The molecule has 3 nitrogen and oxygen atoms in total. The monoisotopic (exact) mass is 251 g/mol. The molecule has 0 fully saturated rings. The van der Waals surface area contributed by atoms with E-state index in [-0.39, 0.29) is 5.97 Å². The Kier molecular flexibility index (Phi) is 2.67. The lowest BCUT2D eigenvalue weighted by Gasteiger charge is -2.07. The molecule has 0 N–H and O–H groups in total. The van der Waals surface area contributed by atoms with Gasteiger partial charge in [-0.3, -0.25) is 4.98 Å². The molecular weight excluding hydrogens is 238 g/mol. The van der Waals surface area contributed by atoms with Crippen molar-refractivity contribution >= 4 is 17.3 Å². The first-order valence-electron chi connectivity index (χ1n) is 6.12. The van der Waals surface area contributed by atoms with Gasteiger partial charge in [-0.25, -0.2) is 4.79 Å². The van der Waals surface area contributed by atoms with Crippen LogP contribution in [0.5, 0.6) is 0 Å². The van der Waals surface area contributed by atoms with E-state index in [1.54, 1.807) is 12.3 Å². The molecule has 0 aliphatic carbocycles. The van der Waals surface area contributed by atoms with Crippen LogP contribution in [0.3, 0.4) is 0 Å². The van der Waals surface area contributed by atoms with Crippen LogP contribution in [0.25, 0.3) is 11.3 Å². The van der Waals surface area contributed by atoms with E-state index in [4.69, 9.17) is 4.74 Å². The van der Waals surface area contributed by atoms with Crippen molar-refractivity contribution in [1.29, 1.82) is 0 Å². The van der Waals surface area contributed by atoms with Gasteiger partial charge in [0.15, 0.2) is 0 Å². The molecule has 0 saturated carbocycles. The molecule has 0 unspecified atom stereocenters. The minimum Gasteiger partial charge on any atom is -0.422 e. The first-order valence-corrected chi connectivity index (χ1v) is 6.12. The normalized spacial score (nSPS) is 16.0. The lowest BCUT2D eigenvalue weighted by Crippen LogP contribution is -1.93. The predicted molar refractivity (Wildman–Crippen MR) is 73.3 cm³/mol. The summed E-state index contributed by atoms with van der Waals surface area (Å²) in [6.07, 6.45) is 1.76. The Labute approximate surface area is 111 Å². The number of pyridine rings is 1. The standard InChI is InChI=1S/C16H13NO2/c1-10-9-12(7-8-17-10)11(2)15-13-5-3-4-6-14(13)16(18)19-15/h3-9H,1-2H3/b15-11-. The van der Waals surface area contributed by atoms with Gasteiger partial charge in [0, 0.05) is 17.5 Å². The highest BCUT2D eigenvalue weighted by Gasteiger charge is 2.27. The Morgan fingerprint density at radius 3 is 2.63 bits per heavy atom. The summed E-state index contributed by atoms with van der Waals surface area (Å²) >= 11 is 0. The summed E-state index contributed by atoms with van der Waals surface area (Å²) in [7, 11) is 0. The predicted octanol–water partition coefficient (Wildman–Crippen LogP) is 3.45. The topological polar surface area (TPSA) is 39.2 Å². The minimum absolute atomic E-state index is 0.282. The SMILES string of the molecule is C/C(=C1/OC(=O)c2ccccc21)c1ccnc(C)c1. The number of aryl methyl sites for hydroxylation is 1. The highest BCUT2D eigenvalue weighted by Crippen LogP contribution is 2.35. The van der Waals surface area contributed by atoms with Crippen LogP contribution in [0.4, 0.5) is 0 Å². The van der Waals surface area contributed by atoms with Crippen molar-refractivity contribution in [3.05, 3.63) is 65.0 Å². The van der Waals surface area contributed by atoms with E-state index in [1.165, 1.54) is 0 Å². The third-order valence-corrected chi connectivity index (χ3v) is 3.26. The largest absolute Gasteiger partial charge is 0.422 e. The summed E-state index contributed by atoms with van der Waals surface area (Å²) in [4.78, 5) is 16.0. The molecule has 1 aromatic carbocycles. The van der Waals surface area contributed by atoms with Gasteiger partial charge in [-0.05, 0) is 43.2 Å². The number of carbonyl (C=O) groups excluding carboxylic acids is 1. The Morgan fingerprint density at radius 2 is 1.89 bits per heavy atom. The lowest BCUT2D eigenvalue weighted by molar-refractivity contribution is 0.0716. The second-order valence-electron chi connectivity index (χ2n) is 4.58. The zero-order valence-electron chi connectivity index (χ0n) is 10.8. The van der Waals surface area contributed by atoms with Gasteiger partial charge in [0.05, 0.1) is 5.56 Å². The first-order chi connectivity index (χ1) is 9.16. The molecule has 2 heterocycles. The van der Waals surface area contributed by atoms with Gasteiger partial charge in [0.2, 0.25) is 0 Å². The van der Waals surface area contributed by atoms with Gasteiger partial charge in [0.1, 0.15) is 5.76 Å². The number of rotatable bonds is 1. The fourth-order valence-corrected chi connectivity index (χ4v) is 2.25. The maximum absolute atomic E-state index is 11.8. The van der Waals surface area contributed by atoms with Crippen molar-refractivity contribution in [3.63, 3.8) is 0 Å². The van der Waals surface area contributed by atoms with E-state index in [2.05, 4.69) is 4.98 Å². The molecule has 3 heteroatoms. The Hall–Kier alpha value is -2.42. The summed E-state index contributed by atoms with van der Waals surface area (Å²) in [5, 5.41) is 0. The molecule has 3 rings (SSSR count). The third kappa shape index (κ3) is 1.93. The van der Waals surface area contributed by atoms with Gasteiger partial charge in [0.25, 0.3) is 0 Å². The number of nitrogens with zero attached hydrogens (tertiary/aromatic N) is 1. The van der Waals surface area contributed by atoms with Crippen LogP contribution >= 0.6 is 0 Å². The molecule has 19 heavy (non-hydrogen) atoms. The van der Waals surface area contributed by atoms with Crippen molar-refractivity contribution in [2.75, 3.05) is 0 Å². The number of allylic oxidation sites excluding steroid dienone is 1. The average Bonchev–Trinajstić information content (AvgIpc) is 2.76. The molecule has 1 aliphatic heterocycles. The van der Waals surface area contributed by atoms with Crippen LogP contribution in [-0.2, 0) is 4.74 Å². The smallest absolute Gasteiger partial charge is 0.344 e. The van der Waals surface area contributed by atoms with Gasteiger partial charge in [-0.2, -0.15) is 0 Å². The van der Waals surface area contributed by atoms with E-state index in [0.29, 0.717) is 11.3 Å². The quantitative estimate of drug-likeness (QED) is 0.729. The maximum Gasteiger partial charge on any atom is 0.344 e. The number of fused-ring (bicyclic) bond motifs is 1. The number of benzene rings is 1. The fourth-order valence-electron chi connectivity index (χ4n) is 2.25. The first kappa shape index (κ1) is 11.7. The Balaban J connectivity index is 2.17. The van der Waals surface area contributed by atoms with Crippen molar-refractivity contribution in [3.8, 4) is 0 Å². The Bertz CT molecular complexity index is 701. The number of aromatic nitrogens is 1. The highest BCUT2D eigenvalue weighted by molar-refractivity contribution is 6.07. The zero-order valence-corrected chi connectivity index (χ0v) is 10.8. The third-order valence-electron chi connectivity index (χ3n) is 3.26. The molecule has 0 bridgehead atoms. The molecule has 0 amide bonds. The summed E-state index contributed by atoms with van der Waals surface area (Å²) in [5.41, 5.74) is 4.40. The highest BCUT2D eigenvalue weighted by atomic mass is 16.5. The van der Waals surface area contributed by atoms with Gasteiger partial charge in [-0.1, -0.05) is 18.2 Å². The number of cyclic esters (lactones) is 1. The van der Waals surface area contributed by atoms with E-state index < -0.39 is 0 Å².